The zero-order valence-electron chi connectivity index (χ0n) is 20.4. The lowest BCUT2D eigenvalue weighted by atomic mass is 9.72. The van der Waals surface area contributed by atoms with Crippen LogP contribution in [0.4, 0.5) is 10.5 Å². The molecule has 184 valence electrons. The van der Waals surface area contributed by atoms with Crippen molar-refractivity contribution < 1.29 is 23.9 Å². The lowest BCUT2D eigenvalue weighted by molar-refractivity contribution is -0.148. The number of likely N-dealkylation sites (N-methyl/N-ethyl adjacent to an activating group) is 1. The molecule has 2 heterocycles. The SMILES string of the molecule is CCOC(=O)[C@H]1CN(C(=O)NC2CCCC2)[C@]2(C)C(=O)N(CC(=O)N(C)C)c3ccccc3[C@H]12. The summed E-state index contributed by atoms with van der Waals surface area (Å²) in [5, 5.41) is 3.08. The molecule has 0 unspecified atom stereocenters. The van der Waals surface area contributed by atoms with Crippen molar-refractivity contribution in [1.82, 2.24) is 15.1 Å². The predicted octanol–water partition coefficient (Wildman–Crippen LogP) is 2.11. The minimum atomic E-state index is -1.33. The maximum absolute atomic E-state index is 14.1. The molecular formula is C25H34N4O5. The van der Waals surface area contributed by atoms with E-state index < -0.39 is 23.3 Å². The van der Waals surface area contributed by atoms with Gasteiger partial charge in [-0.2, -0.15) is 0 Å². The quantitative estimate of drug-likeness (QED) is 0.665. The van der Waals surface area contributed by atoms with Gasteiger partial charge in [-0.3, -0.25) is 14.4 Å². The fraction of sp³-hybridized carbons (Fsp3) is 0.600. The molecule has 1 aromatic rings. The van der Waals surface area contributed by atoms with Gasteiger partial charge < -0.3 is 24.8 Å². The molecule has 34 heavy (non-hydrogen) atoms. The molecule has 0 radical (unpaired) electrons. The van der Waals surface area contributed by atoms with E-state index in [1.165, 1.54) is 14.7 Å². The number of urea groups is 1. The van der Waals surface area contributed by atoms with E-state index >= 15 is 0 Å². The van der Waals surface area contributed by atoms with Crippen LogP contribution in [0.2, 0.25) is 0 Å². The van der Waals surface area contributed by atoms with E-state index in [1.54, 1.807) is 40.1 Å². The van der Waals surface area contributed by atoms with Crippen LogP contribution in [-0.2, 0) is 19.1 Å². The molecule has 0 spiro atoms. The van der Waals surface area contributed by atoms with Crippen LogP contribution in [-0.4, -0.2) is 79.0 Å². The number of nitrogens with one attached hydrogen (secondary N) is 1. The first kappa shape index (κ1) is 24.0. The number of esters is 1. The summed E-state index contributed by atoms with van der Waals surface area (Å²) in [6.45, 7) is 3.61. The summed E-state index contributed by atoms with van der Waals surface area (Å²) in [5.74, 6) is -2.27. The van der Waals surface area contributed by atoms with E-state index in [-0.39, 0.29) is 43.6 Å². The number of benzene rings is 1. The zero-order valence-corrected chi connectivity index (χ0v) is 20.4. The molecule has 9 heteroatoms. The fourth-order valence-electron chi connectivity index (χ4n) is 5.71. The average molecular weight is 471 g/mol. The Morgan fingerprint density at radius 1 is 1.18 bits per heavy atom. The molecule has 2 aliphatic heterocycles. The van der Waals surface area contributed by atoms with E-state index in [2.05, 4.69) is 5.32 Å². The second kappa shape index (κ2) is 9.27. The van der Waals surface area contributed by atoms with Gasteiger partial charge in [0.25, 0.3) is 5.91 Å². The molecule has 1 saturated carbocycles. The molecule has 4 amide bonds. The standard InChI is InChI=1S/C25H34N4O5/c1-5-34-22(31)18-14-29(24(33)26-16-10-6-7-11-16)25(2)21(18)17-12-8-9-13-19(17)28(23(25)32)15-20(30)27(3)4/h8-9,12-13,16,18,21H,5-7,10-11,14-15H2,1-4H3,(H,26,33)/t18-,21+,25-/m0/s1. The Kier molecular flexibility index (Phi) is 6.55. The van der Waals surface area contributed by atoms with Crippen molar-refractivity contribution in [2.75, 3.05) is 38.7 Å². The molecular weight excluding hydrogens is 436 g/mol. The summed E-state index contributed by atoms with van der Waals surface area (Å²) in [4.78, 5) is 57.7. The number of rotatable bonds is 5. The molecule has 0 aromatic heterocycles. The van der Waals surface area contributed by atoms with Crippen molar-refractivity contribution >= 4 is 29.5 Å². The van der Waals surface area contributed by atoms with Crippen LogP contribution >= 0.6 is 0 Å². The second-order valence-corrected chi connectivity index (χ2v) is 9.76. The number of amides is 4. The van der Waals surface area contributed by atoms with E-state index in [4.69, 9.17) is 4.74 Å². The van der Waals surface area contributed by atoms with Crippen LogP contribution in [0.5, 0.6) is 0 Å². The molecule has 3 aliphatic rings. The van der Waals surface area contributed by atoms with Gasteiger partial charge >= 0.3 is 12.0 Å². The highest BCUT2D eigenvalue weighted by molar-refractivity contribution is 6.09. The molecule has 2 fully saturated rings. The first-order valence-electron chi connectivity index (χ1n) is 12.1. The van der Waals surface area contributed by atoms with E-state index in [1.807, 2.05) is 12.1 Å². The van der Waals surface area contributed by atoms with Crippen molar-refractivity contribution in [2.24, 2.45) is 5.92 Å². The zero-order chi connectivity index (χ0) is 24.6. The Morgan fingerprint density at radius 2 is 1.85 bits per heavy atom. The molecule has 9 nitrogen and oxygen atoms in total. The number of hydrogen-bond acceptors (Lipinski definition) is 5. The molecule has 0 bridgehead atoms. The summed E-state index contributed by atoms with van der Waals surface area (Å²) in [6, 6.07) is 7.04. The Morgan fingerprint density at radius 3 is 2.50 bits per heavy atom. The lowest BCUT2D eigenvalue weighted by Gasteiger charge is -2.46. The molecule has 3 atom stereocenters. The van der Waals surface area contributed by atoms with E-state index in [0.29, 0.717) is 5.69 Å². The minimum absolute atomic E-state index is 0.0635. The number of hydrogen-bond donors (Lipinski definition) is 1. The number of fused-ring (bicyclic) bond motifs is 3. The number of ether oxygens (including phenoxy) is 1. The topological polar surface area (TPSA) is 99.3 Å². The highest BCUT2D eigenvalue weighted by atomic mass is 16.5. The van der Waals surface area contributed by atoms with Crippen LogP contribution in [0.1, 0.15) is 51.0 Å². The summed E-state index contributed by atoms with van der Waals surface area (Å²) >= 11 is 0. The Labute approximate surface area is 200 Å². The molecule has 4 rings (SSSR count). The number of carbonyl (C=O) groups excluding carboxylic acids is 4. The maximum Gasteiger partial charge on any atom is 0.318 e. The smallest absolute Gasteiger partial charge is 0.318 e. The van der Waals surface area contributed by atoms with Gasteiger partial charge in [0.2, 0.25) is 5.91 Å². The van der Waals surface area contributed by atoms with Gasteiger partial charge in [0.05, 0.1) is 12.5 Å². The number of likely N-dealkylation sites (tertiary alicyclic amines) is 1. The van der Waals surface area contributed by atoms with Crippen LogP contribution in [0.3, 0.4) is 0 Å². The number of anilines is 1. The van der Waals surface area contributed by atoms with E-state index in [0.717, 1.165) is 31.2 Å². The first-order valence-corrected chi connectivity index (χ1v) is 12.1. The summed E-state index contributed by atoms with van der Waals surface area (Å²) in [7, 11) is 3.28. The van der Waals surface area contributed by atoms with Gasteiger partial charge in [-0.1, -0.05) is 31.0 Å². The second-order valence-electron chi connectivity index (χ2n) is 9.76. The Hall–Kier alpha value is -3.10. The van der Waals surface area contributed by atoms with Gasteiger partial charge in [-0.25, -0.2) is 4.79 Å². The van der Waals surface area contributed by atoms with Crippen LogP contribution in [0.25, 0.3) is 0 Å². The monoisotopic (exact) mass is 470 g/mol. The summed E-state index contributed by atoms with van der Waals surface area (Å²) < 4.78 is 5.37. The number of para-hydroxylation sites is 1. The fourth-order valence-corrected chi connectivity index (χ4v) is 5.71. The third kappa shape index (κ3) is 3.91. The summed E-state index contributed by atoms with van der Waals surface area (Å²) in [5.41, 5.74) is 0.0315. The minimum Gasteiger partial charge on any atom is -0.466 e. The van der Waals surface area contributed by atoms with E-state index in [9.17, 15) is 19.2 Å². The van der Waals surface area contributed by atoms with Gasteiger partial charge in [0, 0.05) is 38.3 Å². The molecule has 1 saturated heterocycles. The lowest BCUT2D eigenvalue weighted by Crippen LogP contribution is -2.64. The van der Waals surface area contributed by atoms with Crippen LogP contribution in [0, 0.1) is 5.92 Å². The van der Waals surface area contributed by atoms with Gasteiger partial charge in [-0.05, 0) is 38.3 Å². The van der Waals surface area contributed by atoms with Crippen molar-refractivity contribution in [2.45, 2.75) is 57.0 Å². The van der Waals surface area contributed by atoms with Crippen LogP contribution in [0.15, 0.2) is 24.3 Å². The summed E-state index contributed by atoms with van der Waals surface area (Å²) in [6.07, 6.45) is 3.93. The normalized spacial score (nSPS) is 26.2. The van der Waals surface area contributed by atoms with Crippen molar-refractivity contribution in [3.8, 4) is 0 Å². The Balaban J connectivity index is 1.79. The third-order valence-corrected chi connectivity index (χ3v) is 7.50. The highest BCUT2D eigenvalue weighted by Gasteiger charge is 2.64. The predicted molar refractivity (Wildman–Crippen MR) is 126 cm³/mol. The van der Waals surface area contributed by atoms with Crippen molar-refractivity contribution in [3.63, 3.8) is 0 Å². The number of carbonyl (C=O) groups is 4. The third-order valence-electron chi connectivity index (χ3n) is 7.50. The molecule has 1 aromatic carbocycles. The number of nitrogens with zero attached hydrogens (tertiary/aromatic N) is 3. The molecule has 1 N–H and O–H groups in total. The van der Waals surface area contributed by atoms with Crippen LogP contribution < -0.4 is 10.2 Å². The highest BCUT2D eigenvalue weighted by Crippen LogP contribution is 2.53. The maximum atomic E-state index is 14.1. The largest absolute Gasteiger partial charge is 0.466 e. The van der Waals surface area contributed by atoms with Gasteiger partial charge in [0.1, 0.15) is 12.1 Å². The van der Waals surface area contributed by atoms with Crippen molar-refractivity contribution in [3.05, 3.63) is 29.8 Å². The average Bonchev–Trinajstić information content (AvgIpc) is 3.42. The van der Waals surface area contributed by atoms with Gasteiger partial charge in [-0.15, -0.1) is 0 Å². The van der Waals surface area contributed by atoms with Gasteiger partial charge in [0.15, 0.2) is 0 Å². The first-order chi connectivity index (χ1) is 16.2. The Bertz CT molecular complexity index is 989. The van der Waals surface area contributed by atoms with Crippen molar-refractivity contribution in [1.29, 1.82) is 0 Å². The molecule has 1 aliphatic carbocycles.